The number of anilines is 1. The number of alkyl halides is 3. The van der Waals surface area contributed by atoms with Crippen LogP contribution in [0.5, 0.6) is 0 Å². The summed E-state index contributed by atoms with van der Waals surface area (Å²) in [4.78, 5) is 12.5. The maximum atomic E-state index is 13.2. The van der Waals surface area contributed by atoms with Gasteiger partial charge in [-0.15, -0.1) is 0 Å². The van der Waals surface area contributed by atoms with Crippen LogP contribution in [0.15, 0.2) is 18.2 Å². The van der Waals surface area contributed by atoms with Crippen molar-refractivity contribution in [2.75, 3.05) is 11.9 Å². The lowest BCUT2D eigenvalue weighted by Gasteiger charge is -2.34. The zero-order chi connectivity index (χ0) is 15.6. The van der Waals surface area contributed by atoms with Crippen LogP contribution in [0.2, 0.25) is 0 Å². The van der Waals surface area contributed by atoms with E-state index in [1.54, 1.807) is 11.9 Å². The average Bonchev–Trinajstić information content (AvgIpc) is 2.46. The van der Waals surface area contributed by atoms with E-state index in [0.29, 0.717) is 0 Å². The van der Waals surface area contributed by atoms with E-state index in [9.17, 15) is 18.0 Å². The third-order valence-corrected chi connectivity index (χ3v) is 4.05. The molecule has 3 nitrogen and oxygen atoms in total. The van der Waals surface area contributed by atoms with Gasteiger partial charge in [0.15, 0.2) is 0 Å². The Morgan fingerprint density at radius 2 is 1.86 bits per heavy atom. The highest BCUT2D eigenvalue weighted by Crippen LogP contribution is 2.38. The molecule has 1 aliphatic carbocycles. The Labute approximate surface area is 121 Å². The van der Waals surface area contributed by atoms with E-state index >= 15 is 0 Å². The smallest absolute Gasteiger partial charge is 0.418 e. The highest BCUT2D eigenvalue weighted by molar-refractivity contribution is 5.88. The summed E-state index contributed by atoms with van der Waals surface area (Å²) in [6.45, 7) is 0. The molecule has 0 unspecified atom stereocenters. The molecule has 1 aromatic carbocycles. The van der Waals surface area contributed by atoms with Crippen molar-refractivity contribution in [2.24, 2.45) is 0 Å². The SMILES string of the molecule is CN(c1ccc(C(=O)O)cc1C(F)(F)F)C1CCCCC1. The Kier molecular flexibility index (Phi) is 4.44. The molecule has 1 saturated carbocycles. The summed E-state index contributed by atoms with van der Waals surface area (Å²) in [5, 5.41) is 8.87. The molecule has 0 radical (unpaired) electrons. The molecule has 0 spiro atoms. The van der Waals surface area contributed by atoms with E-state index in [1.165, 1.54) is 12.1 Å². The molecule has 0 amide bonds. The Morgan fingerprint density at radius 1 is 1.24 bits per heavy atom. The van der Waals surface area contributed by atoms with Crippen LogP contribution in [-0.4, -0.2) is 24.2 Å². The van der Waals surface area contributed by atoms with E-state index in [1.807, 2.05) is 0 Å². The predicted octanol–water partition coefficient (Wildman–Crippen LogP) is 4.17. The van der Waals surface area contributed by atoms with Crippen molar-refractivity contribution in [2.45, 2.75) is 44.3 Å². The normalized spacial score (nSPS) is 16.8. The van der Waals surface area contributed by atoms with Crippen LogP contribution in [0.4, 0.5) is 18.9 Å². The minimum absolute atomic E-state index is 0.0550. The number of carbonyl (C=O) groups is 1. The summed E-state index contributed by atoms with van der Waals surface area (Å²) in [5.74, 6) is -1.35. The number of halogens is 3. The van der Waals surface area contributed by atoms with E-state index in [4.69, 9.17) is 5.11 Å². The van der Waals surface area contributed by atoms with Gasteiger partial charge in [-0.2, -0.15) is 13.2 Å². The van der Waals surface area contributed by atoms with Gasteiger partial charge in [-0.3, -0.25) is 0 Å². The van der Waals surface area contributed by atoms with E-state index < -0.39 is 17.7 Å². The van der Waals surface area contributed by atoms with Crippen molar-refractivity contribution in [3.05, 3.63) is 29.3 Å². The van der Waals surface area contributed by atoms with Crippen LogP contribution in [-0.2, 0) is 6.18 Å². The van der Waals surface area contributed by atoms with Crippen LogP contribution in [0, 0.1) is 0 Å². The van der Waals surface area contributed by atoms with Crippen molar-refractivity contribution in [3.63, 3.8) is 0 Å². The fraction of sp³-hybridized carbons (Fsp3) is 0.533. The third kappa shape index (κ3) is 3.49. The molecule has 116 valence electrons. The van der Waals surface area contributed by atoms with Crippen LogP contribution in [0.1, 0.15) is 48.0 Å². The number of hydrogen-bond donors (Lipinski definition) is 1. The monoisotopic (exact) mass is 301 g/mol. The number of hydrogen-bond acceptors (Lipinski definition) is 2. The van der Waals surface area contributed by atoms with Crippen molar-refractivity contribution >= 4 is 11.7 Å². The molecular formula is C15H18F3NO2. The molecule has 0 aliphatic heterocycles. The number of carboxylic acids is 1. The highest BCUT2D eigenvalue weighted by Gasteiger charge is 2.36. The van der Waals surface area contributed by atoms with Crippen molar-refractivity contribution < 1.29 is 23.1 Å². The Bertz CT molecular complexity index is 522. The fourth-order valence-electron chi connectivity index (χ4n) is 2.87. The first-order valence-corrected chi connectivity index (χ1v) is 6.98. The van der Waals surface area contributed by atoms with Gasteiger partial charge in [0.25, 0.3) is 0 Å². The Morgan fingerprint density at radius 3 is 2.38 bits per heavy atom. The van der Waals surface area contributed by atoms with Gasteiger partial charge in [0.05, 0.1) is 11.1 Å². The van der Waals surface area contributed by atoms with Crippen molar-refractivity contribution in [1.82, 2.24) is 0 Å². The number of benzene rings is 1. The van der Waals surface area contributed by atoms with E-state index in [-0.39, 0.29) is 17.3 Å². The molecule has 21 heavy (non-hydrogen) atoms. The standard InChI is InChI=1S/C15H18F3NO2/c1-19(11-5-3-2-4-6-11)13-8-7-10(14(20)21)9-12(13)15(16,17)18/h7-9,11H,2-6H2,1H3,(H,20,21). The van der Waals surface area contributed by atoms with Crippen molar-refractivity contribution in [1.29, 1.82) is 0 Å². The Hall–Kier alpha value is -1.72. The zero-order valence-corrected chi connectivity index (χ0v) is 11.8. The molecule has 0 atom stereocenters. The maximum Gasteiger partial charge on any atom is 0.418 e. The van der Waals surface area contributed by atoms with Crippen LogP contribution < -0.4 is 4.90 Å². The molecule has 1 fully saturated rings. The van der Waals surface area contributed by atoms with Gasteiger partial charge in [0.2, 0.25) is 0 Å². The average molecular weight is 301 g/mol. The molecular weight excluding hydrogens is 283 g/mol. The second kappa shape index (κ2) is 5.95. The fourth-order valence-corrected chi connectivity index (χ4v) is 2.87. The molecule has 0 heterocycles. The zero-order valence-electron chi connectivity index (χ0n) is 11.8. The molecule has 0 aromatic heterocycles. The number of nitrogens with zero attached hydrogens (tertiary/aromatic N) is 1. The molecule has 0 bridgehead atoms. The first-order chi connectivity index (χ1) is 9.80. The van der Waals surface area contributed by atoms with E-state index in [2.05, 4.69) is 0 Å². The summed E-state index contributed by atoms with van der Waals surface area (Å²) in [7, 11) is 1.65. The summed E-state index contributed by atoms with van der Waals surface area (Å²) in [6.07, 6.45) is 0.328. The third-order valence-electron chi connectivity index (χ3n) is 4.05. The number of rotatable bonds is 3. The summed E-state index contributed by atoms with van der Waals surface area (Å²) < 4.78 is 39.6. The van der Waals surface area contributed by atoms with Gasteiger partial charge in [0.1, 0.15) is 0 Å². The van der Waals surface area contributed by atoms with Gasteiger partial charge in [-0.1, -0.05) is 19.3 Å². The maximum absolute atomic E-state index is 13.2. The molecule has 6 heteroatoms. The molecule has 1 aliphatic rings. The second-order valence-corrected chi connectivity index (χ2v) is 5.44. The number of aromatic carboxylic acids is 1. The van der Waals surface area contributed by atoms with Crippen LogP contribution in [0.3, 0.4) is 0 Å². The van der Waals surface area contributed by atoms with Gasteiger partial charge in [0, 0.05) is 18.8 Å². The van der Waals surface area contributed by atoms with Crippen molar-refractivity contribution in [3.8, 4) is 0 Å². The van der Waals surface area contributed by atoms with Gasteiger partial charge in [-0.25, -0.2) is 4.79 Å². The number of carboxylic acid groups (broad SMARTS) is 1. The minimum Gasteiger partial charge on any atom is -0.478 e. The molecule has 2 rings (SSSR count). The largest absolute Gasteiger partial charge is 0.478 e. The van der Waals surface area contributed by atoms with Gasteiger partial charge in [-0.05, 0) is 31.0 Å². The second-order valence-electron chi connectivity index (χ2n) is 5.44. The summed E-state index contributed by atoms with van der Waals surface area (Å²) >= 11 is 0. The molecule has 1 N–H and O–H groups in total. The molecule has 1 aromatic rings. The lowest BCUT2D eigenvalue weighted by Crippen LogP contribution is -2.34. The van der Waals surface area contributed by atoms with E-state index in [0.717, 1.165) is 38.2 Å². The lowest BCUT2D eigenvalue weighted by atomic mass is 9.93. The van der Waals surface area contributed by atoms with Gasteiger partial charge >= 0.3 is 12.1 Å². The first kappa shape index (κ1) is 15.7. The highest BCUT2D eigenvalue weighted by atomic mass is 19.4. The quantitative estimate of drug-likeness (QED) is 0.910. The van der Waals surface area contributed by atoms with Crippen LogP contribution >= 0.6 is 0 Å². The Balaban J connectivity index is 2.39. The topological polar surface area (TPSA) is 40.5 Å². The van der Waals surface area contributed by atoms with Gasteiger partial charge < -0.3 is 10.0 Å². The first-order valence-electron chi connectivity index (χ1n) is 6.98. The lowest BCUT2D eigenvalue weighted by molar-refractivity contribution is -0.137. The summed E-state index contributed by atoms with van der Waals surface area (Å²) in [5.41, 5.74) is -1.17. The summed E-state index contributed by atoms with van der Waals surface area (Å²) in [6, 6.07) is 3.29. The minimum atomic E-state index is -4.57. The molecule has 0 saturated heterocycles. The van der Waals surface area contributed by atoms with Crippen LogP contribution in [0.25, 0.3) is 0 Å². The predicted molar refractivity (Wildman–Crippen MR) is 73.7 cm³/mol.